The average Bonchev–Trinajstić information content (AvgIpc) is 3.27. The van der Waals surface area contributed by atoms with Crippen LogP contribution in [0, 0.1) is 5.92 Å². The number of rotatable bonds is 12. The van der Waals surface area contributed by atoms with Crippen molar-refractivity contribution in [3.63, 3.8) is 0 Å². The lowest BCUT2D eigenvalue weighted by atomic mass is 10.0. The Morgan fingerprint density at radius 2 is 1.61 bits per heavy atom. The third kappa shape index (κ3) is 6.71. The topological polar surface area (TPSA) is 57.5 Å². The highest BCUT2D eigenvalue weighted by Gasteiger charge is 2.17. The fourth-order valence-corrected chi connectivity index (χ4v) is 4.75. The molecule has 0 amide bonds. The first-order chi connectivity index (χ1) is 18.4. The van der Waals surface area contributed by atoms with Gasteiger partial charge in [0.25, 0.3) is 0 Å². The Kier molecular flexibility index (Phi) is 9.01. The summed E-state index contributed by atoms with van der Waals surface area (Å²) in [4.78, 5) is 25.2. The minimum absolute atomic E-state index is 0.0364. The molecule has 4 aromatic rings. The van der Waals surface area contributed by atoms with Gasteiger partial charge in [0.15, 0.2) is 5.78 Å². The van der Waals surface area contributed by atoms with E-state index in [1.54, 1.807) is 6.92 Å². The standard InChI is InChI=1S/C33H37NO4/c1-5-37-32(35)11-8-20-34-22-30(29-9-6-7-10-31(29)34)33(36)27-16-18-28(19-17-27)38-24(4)26-14-12-25(13-15-26)21-23(2)3/h6-7,9-10,12-19,22-24H,5,8,11,20-21H2,1-4H3/t24-/m0/s1. The number of aromatic nitrogens is 1. The molecule has 4 rings (SSSR count). The molecular weight excluding hydrogens is 474 g/mol. The summed E-state index contributed by atoms with van der Waals surface area (Å²) in [6, 6.07) is 23.8. The zero-order chi connectivity index (χ0) is 27.1. The Morgan fingerprint density at radius 1 is 0.895 bits per heavy atom. The summed E-state index contributed by atoms with van der Waals surface area (Å²) in [5.74, 6) is 1.12. The van der Waals surface area contributed by atoms with Crippen LogP contribution in [0.1, 0.15) is 73.7 Å². The van der Waals surface area contributed by atoms with Gasteiger partial charge < -0.3 is 14.0 Å². The molecule has 0 saturated heterocycles. The molecule has 5 heteroatoms. The van der Waals surface area contributed by atoms with Gasteiger partial charge in [-0.3, -0.25) is 9.59 Å². The summed E-state index contributed by atoms with van der Waals surface area (Å²) < 4.78 is 13.2. The Labute approximate surface area is 225 Å². The fourth-order valence-electron chi connectivity index (χ4n) is 4.75. The molecule has 3 aromatic carbocycles. The third-order valence-electron chi connectivity index (χ3n) is 6.64. The fraction of sp³-hybridized carbons (Fsp3) is 0.333. The van der Waals surface area contributed by atoms with E-state index in [0.717, 1.165) is 28.6 Å². The summed E-state index contributed by atoms with van der Waals surface area (Å²) in [5, 5.41) is 0.906. The van der Waals surface area contributed by atoms with E-state index in [1.807, 2.05) is 66.2 Å². The molecule has 5 nitrogen and oxygen atoms in total. The molecule has 1 aromatic heterocycles. The summed E-state index contributed by atoms with van der Waals surface area (Å²) >= 11 is 0. The molecule has 0 radical (unpaired) electrons. The first-order valence-electron chi connectivity index (χ1n) is 13.5. The van der Waals surface area contributed by atoms with Crippen LogP contribution in [0.4, 0.5) is 0 Å². The number of benzene rings is 3. The van der Waals surface area contributed by atoms with Gasteiger partial charge in [0.1, 0.15) is 11.9 Å². The summed E-state index contributed by atoms with van der Waals surface area (Å²) in [6.45, 7) is 9.31. The number of para-hydroxylation sites is 1. The van der Waals surface area contributed by atoms with Gasteiger partial charge >= 0.3 is 5.97 Å². The second kappa shape index (κ2) is 12.6. The van der Waals surface area contributed by atoms with Crippen LogP contribution in [0.5, 0.6) is 5.75 Å². The van der Waals surface area contributed by atoms with Crippen molar-refractivity contribution in [2.75, 3.05) is 6.61 Å². The Balaban J connectivity index is 1.44. The zero-order valence-electron chi connectivity index (χ0n) is 22.8. The molecule has 0 N–H and O–H groups in total. The van der Waals surface area contributed by atoms with Gasteiger partial charge in [-0.2, -0.15) is 0 Å². The third-order valence-corrected chi connectivity index (χ3v) is 6.64. The van der Waals surface area contributed by atoms with E-state index in [9.17, 15) is 9.59 Å². The Morgan fingerprint density at radius 3 is 2.29 bits per heavy atom. The maximum absolute atomic E-state index is 13.5. The van der Waals surface area contributed by atoms with Gasteiger partial charge in [-0.1, -0.05) is 56.3 Å². The lowest BCUT2D eigenvalue weighted by Gasteiger charge is -2.16. The van der Waals surface area contributed by atoms with Gasteiger partial charge in [-0.05, 0) is 74.1 Å². The maximum Gasteiger partial charge on any atom is 0.305 e. The molecule has 38 heavy (non-hydrogen) atoms. The molecule has 0 saturated carbocycles. The van der Waals surface area contributed by atoms with Crippen molar-refractivity contribution in [1.29, 1.82) is 0 Å². The van der Waals surface area contributed by atoms with E-state index in [0.29, 0.717) is 43.0 Å². The van der Waals surface area contributed by atoms with E-state index < -0.39 is 0 Å². The number of carbonyl (C=O) groups excluding carboxylic acids is 2. The zero-order valence-corrected chi connectivity index (χ0v) is 22.8. The summed E-state index contributed by atoms with van der Waals surface area (Å²) in [6.07, 6.45) is 3.86. The smallest absolute Gasteiger partial charge is 0.305 e. The predicted octanol–water partition coefficient (Wildman–Crippen LogP) is 7.55. The first-order valence-corrected chi connectivity index (χ1v) is 13.5. The molecule has 0 fully saturated rings. The summed E-state index contributed by atoms with van der Waals surface area (Å²) in [5.41, 5.74) is 4.69. The highest BCUT2D eigenvalue weighted by molar-refractivity contribution is 6.16. The molecule has 198 valence electrons. The van der Waals surface area contributed by atoms with Crippen LogP contribution < -0.4 is 4.74 Å². The number of esters is 1. The second-order valence-corrected chi connectivity index (χ2v) is 10.1. The van der Waals surface area contributed by atoms with Crippen LogP contribution in [-0.2, 0) is 22.5 Å². The SMILES string of the molecule is CCOC(=O)CCCn1cc(C(=O)c2ccc(O[C@@H](C)c3ccc(CC(C)C)cc3)cc2)c2ccccc21. The lowest BCUT2D eigenvalue weighted by molar-refractivity contribution is -0.143. The van der Waals surface area contributed by atoms with Crippen LogP contribution in [-0.4, -0.2) is 22.9 Å². The van der Waals surface area contributed by atoms with Crippen LogP contribution >= 0.6 is 0 Å². The van der Waals surface area contributed by atoms with Gasteiger partial charge in [0, 0.05) is 41.2 Å². The maximum atomic E-state index is 13.5. The van der Waals surface area contributed by atoms with E-state index in [4.69, 9.17) is 9.47 Å². The Hall–Kier alpha value is -3.86. The van der Waals surface area contributed by atoms with Crippen molar-refractivity contribution in [1.82, 2.24) is 4.57 Å². The first kappa shape index (κ1) is 27.2. The van der Waals surface area contributed by atoms with Gasteiger partial charge in [0.05, 0.1) is 6.61 Å². The van der Waals surface area contributed by atoms with E-state index in [-0.39, 0.29) is 17.9 Å². The largest absolute Gasteiger partial charge is 0.486 e. The molecule has 0 bridgehead atoms. The molecular formula is C33H37NO4. The van der Waals surface area contributed by atoms with Gasteiger partial charge in [-0.25, -0.2) is 0 Å². The number of fused-ring (bicyclic) bond motifs is 1. The van der Waals surface area contributed by atoms with Crippen molar-refractivity contribution < 1.29 is 19.1 Å². The van der Waals surface area contributed by atoms with Crippen molar-refractivity contribution in [3.05, 3.63) is 101 Å². The molecule has 0 aliphatic rings. The highest BCUT2D eigenvalue weighted by atomic mass is 16.5. The Bertz CT molecular complexity index is 1370. The van der Waals surface area contributed by atoms with E-state index in [2.05, 4.69) is 38.1 Å². The van der Waals surface area contributed by atoms with Crippen molar-refractivity contribution in [3.8, 4) is 5.75 Å². The van der Waals surface area contributed by atoms with E-state index in [1.165, 1.54) is 5.56 Å². The van der Waals surface area contributed by atoms with Crippen LogP contribution in [0.2, 0.25) is 0 Å². The number of nitrogens with zero attached hydrogens (tertiary/aromatic N) is 1. The molecule has 0 aliphatic heterocycles. The molecule has 0 spiro atoms. The van der Waals surface area contributed by atoms with Crippen LogP contribution in [0.3, 0.4) is 0 Å². The van der Waals surface area contributed by atoms with Crippen molar-refractivity contribution in [2.45, 2.75) is 59.6 Å². The number of aryl methyl sites for hydroxylation is 1. The predicted molar refractivity (Wildman–Crippen MR) is 152 cm³/mol. The molecule has 0 unspecified atom stereocenters. The lowest BCUT2D eigenvalue weighted by Crippen LogP contribution is -2.06. The van der Waals surface area contributed by atoms with Crippen LogP contribution in [0.25, 0.3) is 10.9 Å². The monoisotopic (exact) mass is 511 g/mol. The number of hydrogen-bond acceptors (Lipinski definition) is 4. The molecule has 0 aliphatic carbocycles. The normalized spacial score (nSPS) is 12.0. The number of ketones is 1. The molecule has 1 atom stereocenters. The summed E-state index contributed by atoms with van der Waals surface area (Å²) in [7, 11) is 0. The minimum atomic E-state index is -0.194. The molecule has 1 heterocycles. The van der Waals surface area contributed by atoms with E-state index >= 15 is 0 Å². The van der Waals surface area contributed by atoms with Gasteiger partial charge in [0.2, 0.25) is 0 Å². The minimum Gasteiger partial charge on any atom is -0.486 e. The van der Waals surface area contributed by atoms with Crippen molar-refractivity contribution >= 4 is 22.7 Å². The van der Waals surface area contributed by atoms with Crippen LogP contribution in [0.15, 0.2) is 79.0 Å². The van der Waals surface area contributed by atoms with Crippen molar-refractivity contribution in [2.24, 2.45) is 5.92 Å². The highest BCUT2D eigenvalue weighted by Crippen LogP contribution is 2.27. The number of ether oxygens (including phenoxy) is 2. The van der Waals surface area contributed by atoms with Gasteiger partial charge in [-0.15, -0.1) is 0 Å². The number of carbonyl (C=O) groups is 2. The second-order valence-electron chi connectivity index (χ2n) is 10.1. The quantitative estimate of drug-likeness (QED) is 0.145. The average molecular weight is 512 g/mol. The number of hydrogen-bond donors (Lipinski definition) is 0.